The molecule has 0 spiro atoms. The third kappa shape index (κ3) is 4.31. The quantitative estimate of drug-likeness (QED) is 0.867. The molecule has 0 bridgehead atoms. The number of benzene rings is 2. The first-order chi connectivity index (χ1) is 12.6. The molecule has 0 saturated carbocycles. The SMILES string of the molecule is CCc1ccc(Cc2cc(C3CC(O)CC(CO)O3)ccc2C#N)cc1. The van der Waals surface area contributed by atoms with Crippen molar-refractivity contribution in [3.8, 4) is 6.07 Å². The van der Waals surface area contributed by atoms with E-state index < -0.39 is 6.10 Å². The Labute approximate surface area is 154 Å². The van der Waals surface area contributed by atoms with Gasteiger partial charge in [0.15, 0.2) is 0 Å². The molecular weight excluding hydrogens is 326 g/mol. The molecular formula is C22H25NO3. The Kier molecular flexibility index (Phi) is 6.05. The minimum atomic E-state index is -0.480. The summed E-state index contributed by atoms with van der Waals surface area (Å²) in [7, 11) is 0. The van der Waals surface area contributed by atoms with Crippen LogP contribution in [0.3, 0.4) is 0 Å². The molecule has 1 aliphatic heterocycles. The van der Waals surface area contributed by atoms with Crippen molar-refractivity contribution < 1.29 is 14.9 Å². The van der Waals surface area contributed by atoms with E-state index in [0.29, 0.717) is 24.8 Å². The van der Waals surface area contributed by atoms with E-state index >= 15 is 0 Å². The first-order valence-corrected chi connectivity index (χ1v) is 9.18. The zero-order chi connectivity index (χ0) is 18.5. The number of nitriles is 1. The average Bonchev–Trinajstić information content (AvgIpc) is 2.68. The minimum absolute atomic E-state index is 0.0968. The highest BCUT2D eigenvalue weighted by Gasteiger charge is 2.29. The second-order valence-electron chi connectivity index (χ2n) is 6.93. The monoisotopic (exact) mass is 351 g/mol. The molecule has 2 N–H and O–H groups in total. The van der Waals surface area contributed by atoms with Gasteiger partial charge in [-0.15, -0.1) is 0 Å². The smallest absolute Gasteiger partial charge is 0.0994 e. The lowest BCUT2D eigenvalue weighted by molar-refractivity contribution is -0.113. The van der Waals surface area contributed by atoms with Crippen LogP contribution in [0.2, 0.25) is 0 Å². The van der Waals surface area contributed by atoms with Gasteiger partial charge in [0.2, 0.25) is 0 Å². The van der Waals surface area contributed by atoms with Gasteiger partial charge in [0.1, 0.15) is 0 Å². The number of rotatable bonds is 5. The highest BCUT2D eigenvalue weighted by Crippen LogP contribution is 2.32. The molecule has 2 aromatic rings. The van der Waals surface area contributed by atoms with E-state index in [4.69, 9.17) is 4.74 Å². The molecule has 3 rings (SSSR count). The highest BCUT2D eigenvalue weighted by molar-refractivity contribution is 5.44. The van der Waals surface area contributed by atoms with Crippen molar-refractivity contribution in [2.75, 3.05) is 6.61 Å². The van der Waals surface area contributed by atoms with E-state index in [1.54, 1.807) is 0 Å². The lowest BCUT2D eigenvalue weighted by atomic mass is 9.92. The van der Waals surface area contributed by atoms with Gasteiger partial charge in [0.25, 0.3) is 0 Å². The number of aliphatic hydroxyl groups excluding tert-OH is 2. The van der Waals surface area contributed by atoms with Crippen LogP contribution in [-0.2, 0) is 17.6 Å². The van der Waals surface area contributed by atoms with E-state index in [1.807, 2.05) is 18.2 Å². The van der Waals surface area contributed by atoms with Gasteiger partial charge in [-0.2, -0.15) is 5.26 Å². The van der Waals surface area contributed by atoms with E-state index in [9.17, 15) is 15.5 Å². The predicted molar refractivity (Wildman–Crippen MR) is 99.7 cm³/mol. The first kappa shape index (κ1) is 18.6. The molecule has 1 aliphatic rings. The lowest BCUT2D eigenvalue weighted by Gasteiger charge is -2.32. The molecule has 26 heavy (non-hydrogen) atoms. The van der Waals surface area contributed by atoms with E-state index in [-0.39, 0.29) is 18.8 Å². The van der Waals surface area contributed by atoms with Crippen LogP contribution in [0.5, 0.6) is 0 Å². The van der Waals surface area contributed by atoms with Crippen molar-refractivity contribution in [2.24, 2.45) is 0 Å². The summed E-state index contributed by atoms with van der Waals surface area (Å²) >= 11 is 0. The molecule has 2 aromatic carbocycles. The summed E-state index contributed by atoms with van der Waals surface area (Å²) in [5.74, 6) is 0. The Morgan fingerprint density at radius 3 is 2.50 bits per heavy atom. The Morgan fingerprint density at radius 2 is 1.85 bits per heavy atom. The van der Waals surface area contributed by atoms with Crippen LogP contribution in [0.15, 0.2) is 42.5 Å². The molecule has 1 fully saturated rings. The molecule has 1 heterocycles. The van der Waals surface area contributed by atoms with Crippen LogP contribution in [0, 0.1) is 11.3 Å². The molecule has 136 valence electrons. The fourth-order valence-electron chi connectivity index (χ4n) is 3.50. The van der Waals surface area contributed by atoms with Crippen molar-refractivity contribution in [3.63, 3.8) is 0 Å². The van der Waals surface area contributed by atoms with E-state index in [0.717, 1.165) is 23.1 Å². The van der Waals surface area contributed by atoms with Gasteiger partial charge in [0.05, 0.1) is 36.6 Å². The summed E-state index contributed by atoms with van der Waals surface area (Å²) in [4.78, 5) is 0. The van der Waals surface area contributed by atoms with E-state index in [2.05, 4.69) is 37.3 Å². The fraction of sp³-hybridized carbons (Fsp3) is 0.409. The normalized spacial score (nSPS) is 22.8. The maximum absolute atomic E-state index is 10.1. The Bertz CT molecular complexity index is 779. The van der Waals surface area contributed by atoms with Gasteiger partial charge < -0.3 is 14.9 Å². The summed E-state index contributed by atoms with van der Waals surface area (Å²) in [6, 6.07) is 16.4. The third-order valence-corrected chi connectivity index (χ3v) is 5.03. The number of hydrogen-bond donors (Lipinski definition) is 2. The Hall–Kier alpha value is -2.19. The van der Waals surface area contributed by atoms with Gasteiger partial charge in [-0.25, -0.2) is 0 Å². The van der Waals surface area contributed by atoms with Gasteiger partial charge >= 0.3 is 0 Å². The lowest BCUT2D eigenvalue weighted by Crippen LogP contribution is -2.33. The average molecular weight is 351 g/mol. The van der Waals surface area contributed by atoms with Crippen LogP contribution in [0.25, 0.3) is 0 Å². The van der Waals surface area contributed by atoms with Crippen molar-refractivity contribution in [1.29, 1.82) is 5.26 Å². The van der Waals surface area contributed by atoms with Crippen LogP contribution >= 0.6 is 0 Å². The van der Waals surface area contributed by atoms with Crippen molar-refractivity contribution in [1.82, 2.24) is 0 Å². The van der Waals surface area contributed by atoms with Crippen molar-refractivity contribution in [2.45, 2.75) is 50.9 Å². The van der Waals surface area contributed by atoms with Gasteiger partial charge in [-0.1, -0.05) is 43.3 Å². The van der Waals surface area contributed by atoms with Crippen LogP contribution < -0.4 is 0 Å². The van der Waals surface area contributed by atoms with Crippen LogP contribution in [-0.4, -0.2) is 29.0 Å². The van der Waals surface area contributed by atoms with Gasteiger partial charge in [0, 0.05) is 12.8 Å². The highest BCUT2D eigenvalue weighted by atomic mass is 16.5. The Morgan fingerprint density at radius 1 is 1.12 bits per heavy atom. The van der Waals surface area contributed by atoms with Gasteiger partial charge in [-0.3, -0.25) is 0 Å². The standard InChI is InChI=1S/C22H25NO3/c1-2-15-3-5-16(6-4-15)9-19-10-17(7-8-18(19)13-23)22-12-20(25)11-21(14-24)26-22/h3-8,10,20-22,24-25H,2,9,11-12,14H2,1H3. The maximum Gasteiger partial charge on any atom is 0.0994 e. The number of aryl methyl sites for hydroxylation is 1. The molecule has 0 amide bonds. The fourth-order valence-corrected chi connectivity index (χ4v) is 3.50. The largest absolute Gasteiger partial charge is 0.394 e. The molecule has 4 nitrogen and oxygen atoms in total. The number of aliphatic hydroxyl groups is 2. The van der Waals surface area contributed by atoms with Crippen LogP contribution in [0.4, 0.5) is 0 Å². The van der Waals surface area contributed by atoms with Gasteiger partial charge in [-0.05, 0) is 41.2 Å². The summed E-state index contributed by atoms with van der Waals surface area (Å²) in [5.41, 5.74) is 5.01. The predicted octanol–water partition coefficient (Wildman–Crippen LogP) is 3.28. The third-order valence-electron chi connectivity index (χ3n) is 5.03. The van der Waals surface area contributed by atoms with Crippen molar-refractivity contribution in [3.05, 3.63) is 70.3 Å². The number of nitrogens with zero attached hydrogens (tertiary/aromatic N) is 1. The molecule has 1 saturated heterocycles. The topological polar surface area (TPSA) is 73.5 Å². The van der Waals surface area contributed by atoms with E-state index in [1.165, 1.54) is 5.56 Å². The second-order valence-corrected chi connectivity index (χ2v) is 6.93. The number of hydrogen-bond acceptors (Lipinski definition) is 4. The summed E-state index contributed by atoms with van der Waals surface area (Å²) in [6.07, 6.45) is 1.57. The van der Waals surface area contributed by atoms with Crippen molar-refractivity contribution >= 4 is 0 Å². The summed E-state index contributed by atoms with van der Waals surface area (Å²) in [5, 5.41) is 28.9. The number of ether oxygens (including phenoxy) is 1. The minimum Gasteiger partial charge on any atom is -0.394 e. The summed E-state index contributed by atoms with van der Waals surface area (Å²) in [6.45, 7) is 2.03. The molecule has 4 heteroatoms. The molecule has 0 aliphatic carbocycles. The summed E-state index contributed by atoms with van der Waals surface area (Å²) < 4.78 is 5.91. The molecule has 3 unspecified atom stereocenters. The molecule has 3 atom stereocenters. The maximum atomic E-state index is 10.1. The second kappa shape index (κ2) is 8.46. The molecule has 0 radical (unpaired) electrons. The zero-order valence-corrected chi connectivity index (χ0v) is 15.1. The van der Waals surface area contributed by atoms with Crippen LogP contribution in [0.1, 0.15) is 53.7 Å². The molecule has 0 aromatic heterocycles. The first-order valence-electron chi connectivity index (χ1n) is 9.18. The zero-order valence-electron chi connectivity index (χ0n) is 15.1. The Balaban J connectivity index is 1.85.